The molecule has 2 aliphatic heterocycles. The molecule has 0 spiro atoms. The first kappa shape index (κ1) is 17.3. The number of thioether (sulfide) groups is 1. The van der Waals surface area contributed by atoms with E-state index in [1.807, 2.05) is 34.9 Å². The summed E-state index contributed by atoms with van der Waals surface area (Å²) >= 11 is 1.97. The molecule has 1 aromatic rings. The minimum atomic E-state index is 0.0692. The normalized spacial score (nSPS) is 20.7. The van der Waals surface area contributed by atoms with Gasteiger partial charge in [-0.3, -0.25) is 9.59 Å². The third-order valence-electron chi connectivity index (χ3n) is 4.92. The van der Waals surface area contributed by atoms with Gasteiger partial charge in [0, 0.05) is 43.1 Å². The van der Waals surface area contributed by atoms with Crippen LogP contribution in [0.2, 0.25) is 0 Å². The highest BCUT2D eigenvalue weighted by Crippen LogP contribution is 2.30. The third-order valence-corrected chi connectivity index (χ3v) is 6.11. The summed E-state index contributed by atoms with van der Waals surface area (Å²) in [4.78, 5) is 28.4. The van der Waals surface area contributed by atoms with Crippen molar-refractivity contribution in [1.82, 2.24) is 4.90 Å². The van der Waals surface area contributed by atoms with Crippen LogP contribution in [0.1, 0.15) is 49.0 Å². The Morgan fingerprint density at radius 3 is 2.83 bits per heavy atom. The topological polar surface area (TPSA) is 40.6 Å². The molecule has 3 rings (SSSR count). The average Bonchev–Trinajstić information content (AvgIpc) is 2.86. The van der Waals surface area contributed by atoms with Crippen LogP contribution in [0.15, 0.2) is 18.2 Å². The lowest BCUT2D eigenvalue weighted by Gasteiger charge is -2.24. The summed E-state index contributed by atoms with van der Waals surface area (Å²) in [6.07, 6.45) is 4.35. The van der Waals surface area contributed by atoms with E-state index in [1.54, 1.807) is 11.8 Å². The van der Waals surface area contributed by atoms with Crippen molar-refractivity contribution in [2.24, 2.45) is 0 Å². The van der Waals surface area contributed by atoms with Gasteiger partial charge in [0.25, 0.3) is 5.91 Å². The van der Waals surface area contributed by atoms with Crippen molar-refractivity contribution in [3.05, 3.63) is 29.3 Å². The molecule has 0 aromatic heterocycles. The first-order valence-corrected chi connectivity index (χ1v) is 9.97. The Morgan fingerprint density at radius 2 is 2.08 bits per heavy atom. The fraction of sp³-hybridized carbons (Fsp3) is 0.579. The van der Waals surface area contributed by atoms with Crippen LogP contribution >= 0.6 is 11.8 Å². The number of fused-ring (bicyclic) bond motifs is 1. The second-order valence-electron chi connectivity index (χ2n) is 6.59. The van der Waals surface area contributed by atoms with Crippen molar-refractivity contribution in [3.63, 3.8) is 0 Å². The molecule has 2 aliphatic rings. The average molecular weight is 346 g/mol. The maximum Gasteiger partial charge on any atom is 0.253 e. The summed E-state index contributed by atoms with van der Waals surface area (Å²) in [7, 11) is 0. The van der Waals surface area contributed by atoms with Crippen LogP contribution in [-0.4, -0.2) is 47.4 Å². The number of hydrogen-bond acceptors (Lipinski definition) is 3. The van der Waals surface area contributed by atoms with Gasteiger partial charge >= 0.3 is 0 Å². The van der Waals surface area contributed by atoms with Crippen LogP contribution in [0.3, 0.4) is 0 Å². The number of rotatable bonds is 3. The number of hydrogen-bond donors (Lipinski definition) is 0. The molecule has 0 aliphatic carbocycles. The van der Waals surface area contributed by atoms with Gasteiger partial charge in [-0.15, -0.1) is 0 Å². The number of carbonyl (C=O) groups excluding carboxylic acids is 2. The monoisotopic (exact) mass is 346 g/mol. The minimum Gasteiger partial charge on any atom is -0.338 e. The zero-order chi connectivity index (χ0) is 17.1. The van der Waals surface area contributed by atoms with Crippen molar-refractivity contribution in [3.8, 4) is 0 Å². The zero-order valence-electron chi connectivity index (χ0n) is 14.6. The maximum atomic E-state index is 13.0. The Hall–Kier alpha value is -1.49. The van der Waals surface area contributed by atoms with Gasteiger partial charge in [-0.2, -0.15) is 11.8 Å². The van der Waals surface area contributed by atoms with Gasteiger partial charge in [-0.25, -0.2) is 0 Å². The van der Waals surface area contributed by atoms with Crippen LogP contribution < -0.4 is 4.90 Å². The molecule has 1 saturated heterocycles. The lowest BCUT2D eigenvalue weighted by molar-refractivity contribution is -0.116. The quantitative estimate of drug-likeness (QED) is 0.843. The van der Waals surface area contributed by atoms with Gasteiger partial charge in [0.2, 0.25) is 5.91 Å². The largest absolute Gasteiger partial charge is 0.338 e. The van der Waals surface area contributed by atoms with Crippen LogP contribution in [-0.2, 0) is 11.2 Å². The SMILES string of the molecule is CCS[C@@H]1CCCCN(C(=O)c2ccc3c(c2)CCN3C(C)=O)C1. The van der Waals surface area contributed by atoms with Gasteiger partial charge in [0.1, 0.15) is 0 Å². The Bertz CT molecular complexity index is 632. The second-order valence-corrected chi connectivity index (χ2v) is 8.17. The molecule has 0 radical (unpaired) electrons. The number of carbonyl (C=O) groups is 2. The third kappa shape index (κ3) is 3.61. The van der Waals surface area contributed by atoms with E-state index in [0.29, 0.717) is 5.25 Å². The maximum absolute atomic E-state index is 13.0. The van der Waals surface area contributed by atoms with Crippen LogP contribution in [0.4, 0.5) is 5.69 Å². The van der Waals surface area contributed by atoms with Crippen LogP contribution in [0.5, 0.6) is 0 Å². The lowest BCUT2D eigenvalue weighted by atomic mass is 10.1. The molecule has 0 unspecified atom stereocenters. The molecule has 1 aromatic carbocycles. The fourth-order valence-electron chi connectivity index (χ4n) is 3.70. The fourth-order valence-corrected chi connectivity index (χ4v) is 4.79. The molecule has 5 heteroatoms. The van der Waals surface area contributed by atoms with Gasteiger partial charge < -0.3 is 9.80 Å². The number of benzene rings is 1. The van der Waals surface area contributed by atoms with Crippen molar-refractivity contribution >= 4 is 29.3 Å². The zero-order valence-corrected chi connectivity index (χ0v) is 15.4. The first-order valence-electron chi connectivity index (χ1n) is 8.92. The molecule has 4 nitrogen and oxygen atoms in total. The highest BCUT2D eigenvalue weighted by atomic mass is 32.2. The highest BCUT2D eigenvalue weighted by Gasteiger charge is 2.26. The van der Waals surface area contributed by atoms with Gasteiger partial charge in [-0.1, -0.05) is 13.3 Å². The molecular formula is C19H26N2O2S. The Balaban J connectivity index is 1.76. The molecular weight excluding hydrogens is 320 g/mol. The predicted octanol–water partition coefficient (Wildman–Crippen LogP) is 3.34. The van der Waals surface area contributed by atoms with Gasteiger partial charge in [-0.05, 0) is 48.8 Å². The van der Waals surface area contributed by atoms with E-state index in [4.69, 9.17) is 0 Å². The van der Waals surface area contributed by atoms with Crippen molar-refractivity contribution in [2.75, 3.05) is 30.3 Å². The molecule has 2 amide bonds. The summed E-state index contributed by atoms with van der Waals surface area (Å²) in [5, 5.41) is 0.559. The van der Waals surface area contributed by atoms with Crippen LogP contribution in [0, 0.1) is 0 Å². The molecule has 0 bridgehead atoms. The molecule has 1 fully saturated rings. The highest BCUT2D eigenvalue weighted by molar-refractivity contribution is 7.99. The molecule has 24 heavy (non-hydrogen) atoms. The van der Waals surface area contributed by atoms with E-state index >= 15 is 0 Å². The predicted molar refractivity (Wildman–Crippen MR) is 99.8 cm³/mol. The second kappa shape index (κ2) is 7.60. The van der Waals surface area contributed by atoms with E-state index in [9.17, 15) is 9.59 Å². The summed E-state index contributed by atoms with van der Waals surface area (Å²) < 4.78 is 0. The Kier molecular flexibility index (Phi) is 5.49. The number of nitrogens with zero attached hydrogens (tertiary/aromatic N) is 2. The Labute approximate surface area is 148 Å². The van der Waals surface area contributed by atoms with Crippen molar-refractivity contribution in [1.29, 1.82) is 0 Å². The van der Waals surface area contributed by atoms with E-state index in [2.05, 4.69) is 6.92 Å². The van der Waals surface area contributed by atoms with E-state index in [-0.39, 0.29) is 11.8 Å². The minimum absolute atomic E-state index is 0.0692. The molecule has 2 heterocycles. The number of likely N-dealkylation sites (tertiary alicyclic amines) is 1. The van der Waals surface area contributed by atoms with E-state index < -0.39 is 0 Å². The van der Waals surface area contributed by atoms with Crippen molar-refractivity contribution < 1.29 is 9.59 Å². The van der Waals surface area contributed by atoms with Gasteiger partial charge in [0.15, 0.2) is 0 Å². The molecule has 1 atom stereocenters. The van der Waals surface area contributed by atoms with Gasteiger partial charge in [0.05, 0.1) is 0 Å². The smallest absolute Gasteiger partial charge is 0.253 e. The molecule has 130 valence electrons. The van der Waals surface area contributed by atoms with E-state index in [0.717, 1.165) is 55.0 Å². The summed E-state index contributed by atoms with van der Waals surface area (Å²) in [6.45, 7) is 6.21. The summed E-state index contributed by atoms with van der Waals surface area (Å²) in [6, 6.07) is 5.82. The molecule has 0 N–H and O–H groups in total. The standard InChI is InChI=1S/C19H26N2O2S/c1-3-24-17-6-4-5-10-20(13-17)19(23)16-7-8-18-15(12-16)9-11-21(18)14(2)22/h7-8,12,17H,3-6,9-11,13H2,1-2H3/t17-/m1/s1. The van der Waals surface area contributed by atoms with Crippen molar-refractivity contribution in [2.45, 2.75) is 44.8 Å². The summed E-state index contributed by atoms with van der Waals surface area (Å²) in [5.74, 6) is 1.31. The number of amides is 2. The first-order chi connectivity index (χ1) is 11.6. The molecule has 0 saturated carbocycles. The summed E-state index contributed by atoms with van der Waals surface area (Å²) in [5.41, 5.74) is 2.85. The van der Waals surface area contributed by atoms with Crippen LogP contribution in [0.25, 0.3) is 0 Å². The number of anilines is 1. The lowest BCUT2D eigenvalue weighted by Crippen LogP contribution is -2.35. The Morgan fingerprint density at radius 1 is 1.25 bits per heavy atom. The van der Waals surface area contributed by atoms with E-state index in [1.165, 1.54) is 12.8 Å².